The summed E-state index contributed by atoms with van der Waals surface area (Å²) >= 11 is 0. The van der Waals surface area contributed by atoms with Crippen LogP contribution in [0.5, 0.6) is 5.75 Å². The molecule has 0 aromatic heterocycles. The smallest absolute Gasteiger partial charge is 0.119 e. The maximum absolute atomic E-state index is 5.67. The molecule has 1 aromatic rings. The SMILES string of the molecule is C=C(CC)CC(NC)c1cccc(OCCC)c1. The minimum absolute atomic E-state index is 0.322. The van der Waals surface area contributed by atoms with Crippen molar-refractivity contribution in [3.05, 3.63) is 42.0 Å². The van der Waals surface area contributed by atoms with Crippen LogP contribution in [0.15, 0.2) is 36.4 Å². The first-order chi connectivity index (χ1) is 8.71. The molecular weight excluding hydrogens is 222 g/mol. The third-order valence-corrected chi connectivity index (χ3v) is 3.07. The summed E-state index contributed by atoms with van der Waals surface area (Å²) in [6.45, 7) is 9.13. The minimum Gasteiger partial charge on any atom is -0.494 e. The molecule has 0 fully saturated rings. The van der Waals surface area contributed by atoms with Gasteiger partial charge in [0, 0.05) is 6.04 Å². The van der Waals surface area contributed by atoms with Crippen LogP contribution >= 0.6 is 0 Å². The summed E-state index contributed by atoms with van der Waals surface area (Å²) in [7, 11) is 1.99. The Morgan fingerprint density at radius 2 is 2.17 bits per heavy atom. The molecule has 0 radical (unpaired) electrons. The quantitative estimate of drug-likeness (QED) is 0.699. The van der Waals surface area contributed by atoms with Crippen LogP contribution in [-0.4, -0.2) is 13.7 Å². The molecule has 0 bridgehead atoms. The molecule has 0 amide bonds. The normalized spacial score (nSPS) is 12.2. The van der Waals surface area contributed by atoms with Gasteiger partial charge in [0.25, 0.3) is 0 Å². The van der Waals surface area contributed by atoms with E-state index in [2.05, 4.69) is 43.9 Å². The molecule has 1 N–H and O–H groups in total. The first-order valence-electron chi connectivity index (χ1n) is 6.77. The Hall–Kier alpha value is -1.28. The molecule has 100 valence electrons. The maximum Gasteiger partial charge on any atom is 0.119 e. The summed E-state index contributed by atoms with van der Waals surface area (Å²) in [5.41, 5.74) is 2.54. The molecule has 2 heteroatoms. The minimum atomic E-state index is 0.322. The van der Waals surface area contributed by atoms with Crippen molar-refractivity contribution < 1.29 is 4.74 Å². The molecule has 1 rings (SSSR count). The van der Waals surface area contributed by atoms with E-state index in [1.165, 1.54) is 11.1 Å². The average Bonchev–Trinajstić information content (AvgIpc) is 2.42. The van der Waals surface area contributed by atoms with E-state index in [0.717, 1.165) is 31.6 Å². The zero-order valence-corrected chi connectivity index (χ0v) is 11.8. The molecule has 0 aliphatic rings. The Morgan fingerprint density at radius 3 is 2.78 bits per heavy atom. The molecule has 18 heavy (non-hydrogen) atoms. The first-order valence-corrected chi connectivity index (χ1v) is 6.77. The molecule has 0 saturated carbocycles. The van der Waals surface area contributed by atoms with Gasteiger partial charge in [-0.1, -0.05) is 38.1 Å². The Kier molecular flexibility index (Phi) is 6.51. The predicted octanol–water partition coefficient (Wildman–Crippen LogP) is 4.09. The van der Waals surface area contributed by atoms with Crippen LogP contribution in [0.25, 0.3) is 0 Å². The van der Waals surface area contributed by atoms with Crippen LogP contribution in [-0.2, 0) is 0 Å². The Bertz CT molecular complexity index is 373. The molecule has 1 aromatic carbocycles. The average molecular weight is 247 g/mol. The summed E-state index contributed by atoms with van der Waals surface area (Å²) in [6, 6.07) is 8.66. The van der Waals surface area contributed by atoms with Crippen LogP contribution in [0.4, 0.5) is 0 Å². The van der Waals surface area contributed by atoms with E-state index in [1.807, 2.05) is 13.1 Å². The number of nitrogens with one attached hydrogen (secondary N) is 1. The maximum atomic E-state index is 5.67. The second-order valence-corrected chi connectivity index (χ2v) is 4.57. The van der Waals surface area contributed by atoms with Crippen molar-refractivity contribution in [2.24, 2.45) is 0 Å². The van der Waals surface area contributed by atoms with Gasteiger partial charge in [0.1, 0.15) is 5.75 Å². The molecule has 2 nitrogen and oxygen atoms in total. The van der Waals surface area contributed by atoms with Crippen molar-refractivity contribution in [1.82, 2.24) is 5.32 Å². The topological polar surface area (TPSA) is 21.3 Å². The lowest BCUT2D eigenvalue weighted by atomic mass is 9.98. The number of benzene rings is 1. The van der Waals surface area contributed by atoms with E-state index >= 15 is 0 Å². The molecule has 0 spiro atoms. The van der Waals surface area contributed by atoms with Gasteiger partial charge >= 0.3 is 0 Å². The van der Waals surface area contributed by atoms with Crippen molar-refractivity contribution in [3.63, 3.8) is 0 Å². The zero-order valence-electron chi connectivity index (χ0n) is 11.8. The highest BCUT2D eigenvalue weighted by molar-refractivity contribution is 5.31. The summed E-state index contributed by atoms with van der Waals surface area (Å²) in [4.78, 5) is 0. The Balaban J connectivity index is 2.75. The van der Waals surface area contributed by atoms with Crippen molar-refractivity contribution in [2.45, 2.75) is 39.2 Å². The molecule has 0 aliphatic carbocycles. The molecule has 0 saturated heterocycles. The lowest BCUT2D eigenvalue weighted by molar-refractivity contribution is 0.316. The number of hydrogen-bond acceptors (Lipinski definition) is 2. The van der Waals surface area contributed by atoms with Crippen LogP contribution in [0.2, 0.25) is 0 Å². The zero-order chi connectivity index (χ0) is 13.4. The van der Waals surface area contributed by atoms with E-state index in [1.54, 1.807) is 0 Å². The van der Waals surface area contributed by atoms with Gasteiger partial charge in [0.05, 0.1) is 6.61 Å². The lowest BCUT2D eigenvalue weighted by Gasteiger charge is -2.18. The number of rotatable bonds is 8. The third kappa shape index (κ3) is 4.53. The highest BCUT2D eigenvalue weighted by Gasteiger charge is 2.10. The fourth-order valence-electron chi connectivity index (χ4n) is 1.86. The van der Waals surface area contributed by atoms with Gasteiger partial charge in [0.2, 0.25) is 0 Å². The Labute approximate surface area is 111 Å². The van der Waals surface area contributed by atoms with E-state index in [4.69, 9.17) is 4.74 Å². The predicted molar refractivity (Wildman–Crippen MR) is 78.1 cm³/mol. The standard InChI is InChI=1S/C16H25NO/c1-5-10-18-15-9-7-8-14(12-15)16(17-4)11-13(3)6-2/h7-9,12,16-17H,3,5-6,10-11H2,1-2,4H3. The van der Waals surface area contributed by atoms with Crippen LogP contribution in [0.1, 0.15) is 44.7 Å². The molecular formula is C16H25NO. The fraction of sp³-hybridized carbons (Fsp3) is 0.500. The van der Waals surface area contributed by atoms with Gasteiger partial charge in [-0.2, -0.15) is 0 Å². The second-order valence-electron chi connectivity index (χ2n) is 4.57. The highest BCUT2D eigenvalue weighted by atomic mass is 16.5. The van der Waals surface area contributed by atoms with Crippen LogP contribution in [0.3, 0.4) is 0 Å². The van der Waals surface area contributed by atoms with Gasteiger partial charge in [0.15, 0.2) is 0 Å². The molecule has 1 unspecified atom stereocenters. The monoisotopic (exact) mass is 247 g/mol. The van der Waals surface area contributed by atoms with Crippen molar-refractivity contribution in [3.8, 4) is 5.75 Å². The highest BCUT2D eigenvalue weighted by Crippen LogP contribution is 2.24. The molecule has 0 aliphatic heterocycles. The fourth-order valence-corrected chi connectivity index (χ4v) is 1.86. The van der Waals surface area contributed by atoms with Crippen LogP contribution < -0.4 is 10.1 Å². The summed E-state index contributed by atoms with van der Waals surface area (Å²) in [6.07, 6.45) is 3.04. The first kappa shape index (κ1) is 14.8. The van der Waals surface area contributed by atoms with Crippen LogP contribution in [0, 0.1) is 0 Å². The molecule has 1 atom stereocenters. The third-order valence-electron chi connectivity index (χ3n) is 3.07. The van der Waals surface area contributed by atoms with Crippen molar-refractivity contribution in [1.29, 1.82) is 0 Å². The van der Waals surface area contributed by atoms with Gasteiger partial charge in [-0.25, -0.2) is 0 Å². The number of ether oxygens (including phenoxy) is 1. The second kappa shape index (κ2) is 7.93. The molecule has 0 heterocycles. The number of hydrogen-bond donors (Lipinski definition) is 1. The summed E-state index contributed by atoms with van der Waals surface area (Å²) in [5, 5.41) is 3.35. The van der Waals surface area contributed by atoms with Gasteiger partial charge in [-0.3, -0.25) is 0 Å². The van der Waals surface area contributed by atoms with E-state index in [-0.39, 0.29) is 0 Å². The largest absolute Gasteiger partial charge is 0.494 e. The lowest BCUT2D eigenvalue weighted by Crippen LogP contribution is -2.16. The summed E-state index contributed by atoms with van der Waals surface area (Å²) < 4.78 is 5.67. The Morgan fingerprint density at radius 1 is 1.39 bits per heavy atom. The van der Waals surface area contributed by atoms with Crippen molar-refractivity contribution in [2.75, 3.05) is 13.7 Å². The summed E-state index contributed by atoms with van der Waals surface area (Å²) in [5.74, 6) is 0.955. The van der Waals surface area contributed by atoms with E-state index in [0.29, 0.717) is 6.04 Å². The van der Waals surface area contributed by atoms with Gasteiger partial charge < -0.3 is 10.1 Å². The van der Waals surface area contributed by atoms with Crippen molar-refractivity contribution >= 4 is 0 Å². The van der Waals surface area contributed by atoms with Gasteiger partial charge in [-0.15, -0.1) is 0 Å². The van der Waals surface area contributed by atoms with E-state index in [9.17, 15) is 0 Å². The van der Waals surface area contributed by atoms with Gasteiger partial charge in [-0.05, 0) is 44.0 Å². The van der Waals surface area contributed by atoms with E-state index < -0.39 is 0 Å².